The van der Waals surface area contributed by atoms with Crippen molar-refractivity contribution < 1.29 is 23.4 Å². The van der Waals surface area contributed by atoms with Gasteiger partial charge in [0.2, 0.25) is 5.75 Å². The molecule has 0 aliphatic heterocycles. The van der Waals surface area contributed by atoms with Crippen LogP contribution in [0.3, 0.4) is 0 Å². The molecule has 22 heavy (non-hydrogen) atoms. The van der Waals surface area contributed by atoms with E-state index in [-0.39, 0.29) is 11.1 Å². The first-order chi connectivity index (χ1) is 10.5. The van der Waals surface area contributed by atoms with Crippen molar-refractivity contribution in [2.75, 3.05) is 21.3 Å². The predicted molar refractivity (Wildman–Crippen MR) is 88.6 cm³/mol. The molecule has 4 nitrogen and oxygen atoms in total. The Balaban J connectivity index is 2.56. The van der Waals surface area contributed by atoms with Gasteiger partial charge in [-0.2, -0.15) is 0 Å². The molecule has 0 amide bonds. The van der Waals surface area contributed by atoms with Crippen molar-refractivity contribution in [1.29, 1.82) is 0 Å². The lowest BCUT2D eigenvalue weighted by Crippen LogP contribution is -2.06. The summed E-state index contributed by atoms with van der Waals surface area (Å²) < 4.78 is 30.3. The quantitative estimate of drug-likeness (QED) is 0.551. The third-order valence-corrected chi connectivity index (χ3v) is 3.77. The molecule has 0 atom stereocenters. The van der Waals surface area contributed by atoms with Crippen LogP contribution in [0.4, 0.5) is 4.39 Å². The molecule has 0 unspecified atom stereocenters. The summed E-state index contributed by atoms with van der Waals surface area (Å²) in [5.41, 5.74) is 0.261. The van der Waals surface area contributed by atoms with E-state index in [0.717, 1.165) is 3.57 Å². The molecule has 0 saturated carbocycles. The lowest BCUT2D eigenvalue weighted by molar-refractivity contribution is 0.103. The van der Waals surface area contributed by atoms with Crippen LogP contribution in [0.2, 0.25) is 0 Å². The normalized spacial score (nSPS) is 10.2. The average molecular weight is 416 g/mol. The summed E-state index contributed by atoms with van der Waals surface area (Å²) in [6.45, 7) is 0. The Kier molecular flexibility index (Phi) is 5.23. The summed E-state index contributed by atoms with van der Waals surface area (Å²) in [7, 11) is 4.39. The maximum absolute atomic E-state index is 13.9. The minimum absolute atomic E-state index is 0.00109. The van der Waals surface area contributed by atoms with Crippen LogP contribution < -0.4 is 14.2 Å². The van der Waals surface area contributed by atoms with Gasteiger partial charge >= 0.3 is 0 Å². The maximum atomic E-state index is 13.9. The van der Waals surface area contributed by atoms with E-state index in [1.54, 1.807) is 6.07 Å². The van der Waals surface area contributed by atoms with Gasteiger partial charge in [-0.25, -0.2) is 4.39 Å². The highest BCUT2D eigenvalue weighted by Gasteiger charge is 2.20. The second-order valence-electron chi connectivity index (χ2n) is 4.37. The van der Waals surface area contributed by atoms with Gasteiger partial charge in [0.05, 0.1) is 26.9 Å². The van der Waals surface area contributed by atoms with Crippen LogP contribution in [-0.2, 0) is 0 Å². The minimum Gasteiger partial charge on any atom is -0.493 e. The molecule has 0 spiro atoms. The number of hydrogen-bond acceptors (Lipinski definition) is 4. The molecule has 2 aromatic rings. The van der Waals surface area contributed by atoms with Crippen LogP contribution in [0.5, 0.6) is 17.2 Å². The monoisotopic (exact) mass is 416 g/mol. The summed E-state index contributed by atoms with van der Waals surface area (Å²) in [5.74, 6) is 0.0478. The zero-order chi connectivity index (χ0) is 16.3. The molecule has 0 saturated heterocycles. The van der Waals surface area contributed by atoms with Gasteiger partial charge < -0.3 is 14.2 Å². The molecule has 6 heteroatoms. The third-order valence-electron chi connectivity index (χ3n) is 3.10. The second-order valence-corrected chi connectivity index (χ2v) is 5.61. The number of ether oxygens (including phenoxy) is 3. The molecule has 116 valence electrons. The van der Waals surface area contributed by atoms with Gasteiger partial charge in [-0.1, -0.05) is 0 Å². The fraction of sp³-hybridized carbons (Fsp3) is 0.188. The summed E-state index contributed by atoms with van der Waals surface area (Å²) in [6.07, 6.45) is 0. The summed E-state index contributed by atoms with van der Waals surface area (Å²) in [6, 6.07) is 7.38. The maximum Gasteiger partial charge on any atom is 0.203 e. The van der Waals surface area contributed by atoms with Crippen molar-refractivity contribution in [2.45, 2.75) is 0 Å². The van der Waals surface area contributed by atoms with E-state index in [4.69, 9.17) is 14.2 Å². The Morgan fingerprint density at radius 3 is 2.09 bits per heavy atom. The first-order valence-corrected chi connectivity index (χ1v) is 7.39. The number of rotatable bonds is 5. The van der Waals surface area contributed by atoms with Crippen molar-refractivity contribution in [3.05, 3.63) is 50.8 Å². The van der Waals surface area contributed by atoms with Gasteiger partial charge in [0.15, 0.2) is 17.3 Å². The zero-order valence-electron chi connectivity index (χ0n) is 12.3. The van der Waals surface area contributed by atoms with Crippen LogP contribution in [0.25, 0.3) is 0 Å². The van der Waals surface area contributed by atoms with Crippen molar-refractivity contribution in [3.63, 3.8) is 0 Å². The lowest BCUT2D eigenvalue weighted by Gasteiger charge is -2.14. The average Bonchev–Trinajstić information content (AvgIpc) is 2.54. The molecular weight excluding hydrogens is 402 g/mol. The van der Waals surface area contributed by atoms with E-state index in [1.807, 2.05) is 22.6 Å². The smallest absolute Gasteiger partial charge is 0.203 e. The fourth-order valence-corrected chi connectivity index (χ4v) is 2.53. The van der Waals surface area contributed by atoms with Crippen LogP contribution in [0.15, 0.2) is 30.3 Å². The second kappa shape index (κ2) is 6.95. The van der Waals surface area contributed by atoms with Crippen LogP contribution in [0, 0.1) is 9.39 Å². The van der Waals surface area contributed by atoms with E-state index < -0.39 is 11.6 Å². The number of halogens is 2. The van der Waals surface area contributed by atoms with Crippen LogP contribution in [-0.4, -0.2) is 27.1 Å². The van der Waals surface area contributed by atoms with E-state index in [2.05, 4.69) is 0 Å². The van der Waals surface area contributed by atoms with Gasteiger partial charge in [0.1, 0.15) is 5.82 Å². The van der Waals surface area contributed by atoms with E-state index in [0.29, 0.717) is 17.2 Å². The van der Waals surface area contributed by atoms with Gasteiger partial charge in [0.25, 0.3) is 0 Å². The topological polar surface area (TPSA) is 44.8 Å². The highest BCUT2D eigenvalue weighted by molar-refractivity contribution is 14.1. The highest BCUT2D eigenvalue weighted by Crippen LogP contribution is 2.38. The summed E-state index contributed by atoms with van der Waals surface area (Å²) in [4.78, 5) is 12.6. The minimum atomic E-state index is -0.570. The number of hydrogen-bond donors (Lipinski definition) is 0. The first-order valence-electron chi connectivity index (χ1n) is 6.31. The van der Waals surface area contributed by atoms with Crippen molar-refractivity contribution >= 4 is 28.4 Å². The molecule has 0 aliphatic rings. The number of methoxy groups -OCH3 is 3. The lowest BCUT2D eigenvalue weighted by atomic mass is 10.0. The molecule has 0 aromatic heterocycles. The molecule has 0 radical (unpaired) electrons. The van der Waals surface area contributed by atoms with Gasteiger partial charge in [-0.15, -0.1) is 0 Å². The summed E-state index contributed by atoms with van der Waals surface area (Å²) >= 11 is 2.03. The third kappa shape index (κ3) is 3.16. The predicted octanol–water partition coefficient (Wildman–Crippen LogP) is 3.69. The zero-order valence-corrected chi connectivity index (χ0v) is 14.4. The fourth-order valence-electron chi connectivity index (χ4n) is 2.04. The molecule has 0 bridgehead atoms. The molecule has 0 aliphatic carbocycles. The van der Waals surface area contributed by atoms with Gasteiger partial charge in [-0.3, -0.25) is 4.79 Å². The Morgan fingerprint density at radius 1 is 1.00 bits per heavy atom. The number of ketones is 1. The van der Waals surface area contributed by atoms with Crippen LogP contribution >= 0.6 is 22.6 Å². The van der Waals surface area contributed by atoms with Crippen molar-refractivity contribution in [1.82, 2.24) is 0 Å². The van der Waals surface area contributed by atoms with E-state index in [1.165, 1.54) is 45.6 Å². The Morgan fingerprint density at radius 2 is 1.59 bits per heavy atom. The first kappa shape index (κ1) is 16.5. The van der Waals surface area contributed by atoms with Crippen molar-refractivity contribution in [2.24, 2.45) is 0 Å². The van der Waals surface area contributed by atoms with E-state index in [9.17, 15) is 9.18 Å². The SMILES string of the molecule is COc1cc(C(=O)c2cc(I)ccc2F)cc(OC)c1OC. The largest absolute Gasteiger partial charge is 0.493 e. The molecule has 0 fully saturated rings. The standard InChI is InChI=1S/C16H14FIO4/c1-20-13-6-9(7-14(21-2)16(13)22-3)15(19)11-8-10(18)4-5-12(11)17/h4-8H,1-3H3. The molecule has 0 N–H and O–H groups in total. The molecule has 0 heterocycles. The number of benzene rings is 2. The highest BCUT2D eigenvalue weighted by atomic mass is 127. The molecule has 2 aromatic carbocycles. The Bertz CT molecular complexity index is 690. The Labute approximate surface area is 141 Å². The number of carbonyl (C=O) groups is 1. The van der Waals surface area contributed by atoms with Crippen molar-refractivity contribution in [3.8, 4) is 17.2 Å². The summed E-state index contributed by atoms with van der Waals surface area (Å²) in [5, 5.41) is 0. The molecular formula is C16H14FIO4. The molecule has 2 rings (SSSR count). The van der Waals surface area contributed by atoms with E-state index >= 15 is 0 Å². The van der Waals surface area contributed by atoms with Crippen LogP contribution in [0.1, 0.15) is 15.9 Å². The number of carbonyl (C=O) groups excluding carboxylic acids is 1. The van der Waals surface area contributed by atoms with Gasteiger partial charge in [0, 0.05) is 9.13 Å². The Hall–Kier alpha value is -1.83. The van der Waals surface area contributed by atoms with Gasteiger partial charge in [-0.05, 0) is 52.9 Å².